The third-order valence-corrected chi connectivity index (χ3v) is 4.84. The Hall–Kier alpha value is -2.84. The molecule has 1 atom stereocenters. The fourth-order valence-corrected chi connectivity index (χ4v) is 3.39. The number of hydrogen-bond acceptors (Lipinski definition) is 6. The number of ether oxygens (including phenoxy) is 1. The number of amides is 1. The van der Waals surface area contributed by atoms with E-state index < -0.39 is 0 Å². The van der Waals surface area contributed by atoms with Crippen LogP contribution in [-0.4, -0.2) is 61.3 Å². The molecule has 146 valence electrons. The Kier molecular flexibility index (Phi) is 5.59. The molecule has 4 heterocycles. The number of hydrogen-bond donors (Lipinski definition) is 1. The summed E-state index contributed by atoms with van der Waals surface area (Å²) in [4.78, 5) is 23.3. The van der Waals surface area contributed by atoms with E-state index in [-0.39, 0.29) is 18.6 Å². The van der Waals surface area contributed by atoms with E-state index in [9.17, 15) is 4.79 Å². The molecule has 0 spiro atoms. The lowest BCUT2D eigenvalue weighted by atomic mass is 10.1. The molecule has 8 heteroatoms. The molecule has 0 unspecified atom stereocenters. The standard InChI is InChI=1S/C20H23N5O3/c26-9-6-15-11-22-19-10-18(23-25(19)12-15)20(27)24-8-3-5-17(13-24)28-14-16-4-1-2-7-21-16/h1-2,4,7,10-12,17,26H,3,5-6,8-9,13-14H2/t17-/m1/s1. The van der Waals surface area contributed by atoms with Crippen molar-refractivity contribution in [2.75, 3.05) is 19.7 Å². The Balaban J connectivity index is 1.41. The monoisotopic (exact) mass is 381 g/mol. The quantitative estimate of drug-likeness (QED) is 0.695. The number of likely N-dealkylation sites (tertiary alicyclic amines) is 1. The zero-order valence-corrected chi connectivity index (χ0v) is 15.6. The number of pyridine rings is 1. The summed E-state index contributed by atoms with van der Waals surface area (Å²) in [6.45, 7) is 1.73. The van der Waals surface area contributed by atoms with Crippen molar-refractivity contribution in [3.63, 3.8) is 0 Å². The van der Waals surface area contributed by atoms with Gasteiger partial charge < -0.3 is 14.7 Å². The molecule has 0 bridgehead atoms. The minimum absolute atomic E-state index is 0.00832. The molecule has 0 aliphatic carbocycles. The summed E-state index contributed by atoms with van der Waals surface area (Å²) in [6, 6.07) is 7.44. The van der Waals surface area contributed by atoms with Gasteiger partial charge in [0.25, 0.3) is 5.91 Å². The highest BCUT2D eigenvalue weighted by Crippen LogP contribution is 2.17. The highest BCUT2D eigenvalue weighted by molar-refractivity contribution is 5.93. The normalized spacial score (nSPS) is 17.2. The van der Waals surface area contributed by atoms with E-state index in [1.54, 1.807) is 34.1 Å². The fraction of sp³-hybridized carbons (Fsp3) is 0.400. The van der Waals surface area contributed by atoms with Gasteiger partial charge in [0.2, 0.25) is 0 Å². The molecule has 1 amide bonds. The first-order valence-electron chi connectivity index (χ1n) is 9.49. The Morgan fingerprint density at radius 2 is 2.25 bits per heavy atom. The third kappa shape index (κ3) is 4.18. The van der Waals surface area contributed by atoms with Gasteiger partial charge in [-0.25, -0.2) is 9.50 Å². The van der Waals surface area contributed by atoms with Crippen molar-refractivity contribution >= 4 is 11.6 Å². The molecule has 0 radical (unpaired) electrons. The lowest BCUT2D eigenvalue weighted by molar-refractivity contribution is -0.00801. The van der Waals surface area contributed by atoms with Crippen LogP contribution in [0.25, 0.3) is 5.65 Å². The smallest absolute Gasteiger partial charge is 0.274 e. The van der Waals surface area contributed by atoms with Crippen molar-refractivity contribution in [3.8, 4) is 0 Å². The second kappa shape index (κ2) is 8.45. The van der Waals surface area contributed by atoms with Gasteiger partial charge in [-0.1, -0.05) is 6.07 Å². The summed E-state index contributed by atoms with van der Waals surface area (Å²) < 4.78 is 7.56. The molecular weight excluding hydrogens is 358 g/mol. The average Bonchev–Trinajstić information content (AvgIpc) is 3.16. The second-order valence-corrected chi connectivity index (χ2v) is 6.92. The van der Waals surface area contributed by atoms with Gasteiger partial charge >= 0.3 is 0 Å². The van der Waals surface area contributed by atoms with Gasteiger partial charge in [-0.2, -0.15) is 5.10 Å². The van der Waals surface area contributed by atoms with Crippen molar-refractivity contribution < 1.29 is 14.6 Å². The summed E-state index contributed by atoms with van der Waals surface area (Å²) >= 11 is 0. The summed E-state index contributed by atoms with van der Waals surface area (Å²) in [6.07, 6.45) is 7.56. The summed E-state index contributed by atoms with van der Waals surface area (Å²) in [5, 5.41) is 13.4. The summed E-state index contributed by atoms with van der Waals surface area (Å²) in [7, 11) is 0. The highest BCUT2D eigenvalue weighted by Gasteiger charge is 2.26. The second-order valence-electron chi connectivity index (χ2n) is 6.92. The van der Waals surface area contributed by atoms with E-state index in [0.29, 0.717) is 37.5 Å². The first-order valence-corrected chi connectivity index (χ1v) is 9.49. The van der Waals surface area contributed by atoms with Crippen LogP contribution in [0.15, 0.2) is 42.9 Å². The van der Waals surface area contributed by atoms with Crippen molar-refractivity contribution in [1.29, 1.82) is 0 Å². The highest BCUT2D eigenvalue weighted by atomic mass is 16.5. The Bertz CT molecular complexity index is 943. The third-order valence-electron chi connectivity index (χ3n) is 4.84. The lowest BCUT2D eigenvalue weighted by Gasteiger charge is -2.32. The Labute approximate surface area is 162 Å². The van der Waals surface area contributed by atoms with Crippen molar-refractivity contribution in [2.24, 2.45) is 0 Å². The first-order chi connectivity index (χ1) is 13.7. The van der Waals surface area contributed by atoms with Gasteiger partial charge in [-0.3, -0.25) is 9.78 Å². The first kappa shape index (κ1) is 18.5. The van der Waals surface area contributed by atoms with Crippen molar-refractivity contribution in [2.45, 2.75) is 32.0 Å². The molecule has 3 aromatic heterocycles. The SMILES string of the molecule is O=C(c1cc2ncc(CCO)cn2n1)N1CCC[C@@H](OCc2ccccn2)C1. The number of aliphatic hydroxyl groups is 1. The summed E-state index contributed by atoms with van der Waals surface area (Å²) in [5.74, 6) is -0.111. The topological polar surface area (TPSA) is 92.8 Å². The van der Waals surface area contributed by atoms with Crippen LogP contribution in [0.2, 0.25) is 0 Å². The van der Waals surface area contributed by atoms with Crippen LogP contribution in [0, 0.1) is 0 Å². The van der Waals surface area contributed by atoms with Crippen LogP contribution in [-0.2, 0) is 17.8 Å². The number of nitrogens with zero attached hydrogens (tertiary/aromatic N) is 5. The van der Waals surface area contributed by atoms with E-state index in [1.165, 1.54) is 0 Å². The minimum Gasteiger partial charge on any atom is -0.396 e. The summed E-state index contributed by atoms with van der Waals surface area (Å²) in [5.41, 5.74) is 2.75. The van der Waals surface area contributed by atoms with Gasteiger partial charge in [0, 0.05) is 44.4 Å². The maximum Gasteiger partial charge on any atom is 0.274 e. The number of rotatable bonds is 6. The van der Waals surface area contributed by atoms with E-state index in [0.717, 1.165) is 24.1 Å². The molecule has 1 aliphatic rings. The predicted octanol–water partition coefficient (Wildman–Crippen LogP) is 1.48. The maximum absolute atomic E-state index is 12.9. The largest absolute Gasteiger partial charge is 0.396 e. The Morgan fingerprint density at radius 3 is 3.07 bits per heavy atom. The lowest BCUT2D eigenvalue weighted by Crippen LogP contribution is -2.43. The number of aromatic nitrogens is 4. The Morgan fingerprint density at radius 1 is 1.32 bits per heavy atom. The van der Waals surface area contributed by atoms with Crippen LogP contribution in [0.3, 0.4) is 0 Å². The van der Waals surface area contributed by atoms with Crippen LogP contribution >= 0.6 is 0 Å². The van der Waals surface area contributed by atoms with Crippen LogP contribution in [0.5, 0.6) is 0 Å². The van der Waals surface area contributed by atoms with E-state index >= 15 is 0 Å². The molecule has 8 nitrogen and oxygen atoms in total. The molecule has 1 N–H and O–H groups in total. The van der Waals surface area contributed by atoms with Gasteiger partial charge in [-0.15, -0.1) is 0 Å². The zero-order chi connectivity index (χ0) is 19.3. The molecular formula is C20H23N5O3. The average molecular weight is 381 g/mol. The molecule has 1 saturated heterocycles. The number of carbonyl (C=O) groups excluding carboxylic acids is 1. The number of carbonyl (C=O) groups is 1. The van der Waals surface area contributed by atoms with Crippen molar-refractivity contribution in [3.05, 3.63) is 59.8 Å². The number of aliphatic hydroxyl groups excluding tert-OH is 1. The molecule has 1 aliphatic heterocycles. The van der Waals surface area contributed by atoms with Gasteiger partial charge in [0.15, 0.2) is 11.3 Å². The fourth-order valence-electron chi connectivity index (χ4n) is 3.39. The molecule has 1 fully saturated rings. The maximum atomic E-state index is 12.9. The van der Waals surface area contributed by atoms with E-state index in [1.807, 2.05) is 18.2 Å². The van der Waals surface area contributed by atoms with Crippen LogP contribution < -0.4 is 0 Å². The van der Waals surface area contributed by atoms with Crippen LogP contribution in [0.4, 0.5) is 0 Å². The van der Waals surface area contributed by atoms with Crippen molar-refractivity contribution in [1.82, 2.24) is 24.5 Å². The van der Waals surface area contributed by atoms with Crippen LogP contribution in [0.1, 0.15) is 34.6 Å². The predicted molar refractivity (Wildman–Crippen MR) is 102 cm³/mol. The van der Waals surface area contributed by atoms with Gasteiger partial charge in [-0.05, 0) is 37.0 Å². The van der Waals surface area contributed by atoms with Gasteiger partial charge in [0.05, 0.1) is 18.4 Å². The number of piperidine rings is 1. The molecule has 0 aromatic carbocycles. The molecule has 0 saturated carbocycles. The van der Waals surface area contributed by atoms with E-state index in [4.69, 9.17) is 9.84 Å². The molecule has 3 aromatic rings. The number of fused-ring (bicyclic) bond motifs is 1. The van der Waals surface area contributed by atoms with E-state index in [2.05, 4.69) is 15.1 Å². The molecule has 28 heavy (non-hydrogen) atoms. The minimum atomic E-state index is -0.111. The molecule has 4 rings (SSSR count). The zero-order valence-electron chi connectivity index (χ0n) is 15.6. The van der Waals surface area contributed by atoms with Gasteiger partial charge in [0.1, 0.15) is 0 Å².